The maximum atomic E-state index is 14.5. The fourth-order valence-electron chi connectivity index (χ4n) is 2.81. The summed E-state index contributed by atoms with van der Waals surface area (Å²) < 4.78 is 78.1. The van der Waals surface area contributed by atoms with E-state index in [0.717, 1.165) is 24.5 Å². The molecule has 0 atom stereocenters. The highest BCUT2D eigenvalue weighted by Gasteiger charge is 2.33. The number of rotatable bonds is 8. The van der Waals surface area contributed by atoms with Crippen molar-refractivity contribution in [2.24, 2.45) is 5.73 Å². The summed E-state index contributed by atoms with van der Waals surface area (Å²) in [7, 11) is -3.87. The number of carbonyl (C=O) groups excluding carboxylic acids is 1. The molecule has 4 N–H and O–H groups in total. The summed E-state index contributed by atoms with van der Waals surface area (Å²) in [6, 6.07) is 5.61. The molecule has 33 heavy (non-hydrogen) atoms. The second-order valence-electron chi connectivity index (χ2n) is 6.86. The van der Waals surface area contributed by atoms with Gasteiger partial charge in [0.25, 0.3) is 0 Å². The number of nitriles is 1. The van der Waals surface area contributed by atoms with Crippen LogP contribution in [0.25, 0.3) is 6.08 Å². The minimum Gasteiger partial charge on any atom is -0.370 e. The van der Waals surface area contributed by atoms with Gasteiger partial charge in [-0.2, -0.15) is 18.4 Å². The molecule has 13 heteroatoms. The lowest BCUT2D eigenvalue weighted by Gasteiger charge is -2.13. The molecule has 1 aromatic heterocycles. The highest BCUT2D eigenvalue weighted by Crippen LogP contribution is 2.30. The summed E-state index contributed by atoms with van der Waals surface area (Å²) in [5, 5.41) is 11.9. The van der Waals surface area contributed by atoms with Crippen molar-refractivity contribution < 1.29 is 30.8 Å². The summed E-state index contributed by atoms with van der Waals surface area (Å²) in [6.07, 6.45) is -2.96. The standard InChI is InChI=1S/C20H19F4N5O3S/c1-3-27-19-12(4-5-16(28-19)20(22,23)24)9-13(18(26)30)6-11-7-14(10-25)17(15(21)8-11)29-33(2,31)32/h4-5,7-9,29H,3,6H2,1-2H3,(H2,26,30)(H,27,28). The van der Waals surface area contributed by atoms with E-state index >= 15 is 0 Å². The molecule has 1 heterocycles. The number of anilines is 2. The minimum absolute atomic E-state index is 0.108. The van der Waals surface area contributed by atoms with Crippen molar-refractivity contribution in [2.45, 2.75) is 19.5 Å². The molecule has 0 aliphatic heterocycles. The molecule has 0 bridgehead atoms. The zero-order valence-corrected chi connectivity index (χ0v) is 18.2. The summed E-state index contributed by atoms with van der Waals surface area (Å²) in [6.45, 7) is 1.88. The van der Waals surface area contributed by atoms with E-state index in [0.29, 0.717) is 0 Å². The maximum absolute atomic E-state index is 14.5. The number of aromatic nitrogens is 1. The largest absolute Gasteiger partial charge is 0.433 e. The van der Waals surface area contributed by atoms with Gasteiger partial charge < -0.3 is 11.1 Å². The number of carbonyl (C=O) groups is 1. The number of nitrogens with one attached hydrogen (secondary N) is 2. The summed E-state index contributed by atoms with van der Waals surface area (Å²) in [5.41, 5.74) is 3.52. The van der Waals surface area contributed by atoms with Crippen molar-refractivity contribution in [2.75, 3.05) is 22.8 Å². The van der Waals surface area contributed by atoms with Crippen molar-refractivity contribution >= 4 is 33.5 Å². The van der Waals surface area contributed by atoms with Crippen LogP contribution in [0.5, 0.6) is 0 Å². The summed E-state index contributed by atoms with van der Waals surface area (Å²) in [5.74, 6) is -2.12. The molecule has 2 aromatic rings. The molecule has 0 aliphatic carbocycles. The molecule has 0 spiro atoms. The fraction of sp³-hybridized carbons (Fsp3) is 0.250. The van der Waals surface area contributed by atoms with E-state index in [-0.39, 0.29) is 41.0 Å². The third kappa shape index (κ3) is 6.91. The molecular formula is C20H19F4N5O3S. The number of pyridine rings is 1. The minimum atomic E-state index is -4.67. The van der Waals surface area contributed by atoms with Gasteiger partial charge >= 0.3 is 6.18 Å². The Kier molecular flexibility index (Phi) is 7.65. The molecule has 0 aliphatic rings. The Morgan fingerprint density at radius 3 is 2.48 bits per heavy atom. The number of amides is 1. The van der Waals surface area contributed by atoms with Crippen molar-refractivity contribution in [1.29, 1.82) is 5.26 Å². The average molecular weight is 485 g/mol. The Morgan fingerprint density at radius 1 is 1.30 bits per heavy atom. The van der Waals surface area contributed by atoms with Gasteiger partial charge in [-0.05, 0) is 42.8 Å². The lowest BCUT2D eigenvalue weighted by molar-refractivity contribution is -0.141. The van der Waals surface area contributed by atoms with Gasteiger partial charge in [-0.3, -0.25) is 9.52 Å². The maximum Gasteiger partial charge on any atom is 0.433 e. The second kappa shape index (κ2) is 9.86. The van der Waals surface area contributed by atoms with E-state index in [1.165, 1.54) is 12.1 Å². The van der Waals surface area contributed by atoms with Gasteiger partial charge in [-0.1, -0.05) is 0 Å². The van der Waals surface area contributed by atoms with Crippen LogP contribution in [0, 0.1) is 17.1 Å². The Labute approximate surface area is 187 Å². The first-order valence-corrected chi connectivity index (χ1v) is 11.2. The van der Waals surface area contributed by atoms with Crippen LogP contribution >= 0.6 is 0 Å². The molecule has 176 valence electrons. The number of nitrogens with two attached hydrogens (primary N) is 1. The fourth-order valence-corrected chi connectivity index (χ4v) is 3.39. The lowest BCUT2D eigenvalue weighted by atomic mass is 9.99. The number of benzene rings is 1. The van der Waals surface area contributed by atoms with Gasteiger partial charge in [0, 0.05) is 24.1 Å². The predicted octanol–water partition coefficient (Wildman–Crippen LogP) is 3.03. The molecule has 0 fully saturated rings. The van der Waals surface area contributed by atoms with Crippen LogP contribution in [-0.2, 0) is 27.4 Å². The molecule has 0 saturated heterocycles. The molecule has 0 radical (unpaired) electrons. The summed E-state index contributed by atoms with van der Waals surface area (Å²) in [4.78, 5) is 15.5. The van der Waals surface area contributed by atoms with Crippen LogP contribution < -0.4 is 15.8 Å². The van der Waals surface area contributed by atoms with Crippen molar-refractivity contribution in [3.63, 3.8) is 0 Å². The van der Waals surface area contributed by atoms with Crippen LogP contribution in [0.4, 0.5) is 29.1 Å². The number of halogens is 4. The Morgan fingerprint density at radius 2 is 1.97 bits per heavy atom. The van der Waals surface area contributed by atoms with Gasteiger partial charge in [-0.15, -0.1) is 0 Å². The van der Waals surface area contributed by atoms with Crippen LogP contribution in [-0.4, -0.2) is 32.1 Å². The number of alkyl halides is 3. The Balaban J connectivity index is 2.52. The van der Waals surface area contributed by atoms with Crippen LogP contribution in [0.2, 0.25) is 0 Å². The van der Waals surface area contributed by atoms with E-state index in [9.17, 15) is 36.0 Å². The first kappa shape index (κ1) is 25.6. The number of hydrogen-bond donors (Lipinski definition) is 3. The van der Waals surface area contributed by atoms with E-state index in [1.54, 1.807) is 13.0 Å². The normalized spacial score (nSPS) is 12.2. The van der Waals surface area contributed by atoms with E-state index in [4.69, 9.17) is 5.73 Å². The molecule has 2 rings (SSSR count). The Hall–Kier alpha value is -3.66. The SMILES string of the molecule is CCNc1nc(C(F)(F)F)ccc1C=C(Cc1cc(F)c(NS(C)(=O)=O)c(C#N)c1)C(N)=O. The monoisotopic (exact) mass is 485 g/mol. The van der Waals surface area contributed by atoms with Crippen LogP contribution in [0.1, 0.15) is 29.3 Å². The highest BCUT2D eigenvalue weighted by atomic mass is 32.2. The van der Waals surface area contributed by atoms with Gasteiger partial charge in [0.1, 0.15) is 29.1 Å². The smallest absolute Gasteiger partial charge is 0.370 e. The average Bonchev–Trinajstić information content (AvgIpc) is 2.68. The molecule has 1 aromatic carbocycles. The van der Waals surface area contributed by atoms with Gasteiger partial charge in [0.15, 0.2) is 0 Å². The van der Waals surface area contributed by atoms with Crippen LogP contribution in [0.15, 0.2) is 29.8 Å². The van der Waals surface area contributed by atoms with Crippen molar-refractivity contribution in [1.82, 2.24) is 4.98 Å². The molecular weight excluding hydrogens is 466 g/mol. The van der Waals surface area contributed by atoms with Crippen molar-refractivity contribution in [3.05, 3.63) is 58.0 Å². The third-order valence-corrected chi connectivity index (χ3v) is 4.73. The first-order chi connectivity index (χ1) is 15.2. The highest BCUT2D eigenvalue weighted by molar-refractivity contribution is 7.92. The zero-order chi connectivity index (χ0) is 25.0. The number of nitrogens with zero attached hydrogens (tertiary/aromatic N) is 2. The van der Waals surface area contributed by atoms with Gasteiger partial charge in [-0.25, -0.2) is 17.8 Å². The van der Waals surface area contributed by atoms with Crippen LogP contribution in [0.3, 0.4) is 0 Å². The second-order valence-corrected chi connectivity index (χ2v) is 8.61. The number of primary amides is 1. The molecule has 8 nitrogen and oxygen atoms in total. The lowest BCUT2D eigenvalue weighted by Crippen LogP contribution is -2.17. The van der Waals surface area contributed by atoms with Gasteiger partial charge in [0.2, 0.25) is 15.9 Å². The summed E-state index contributed by atoms with van der Waals surface area (Å²) >= 11 is 0. The third-order valence-electron chi connectivity index (χ3n) is 4.16. The quantitative estimate of drug-likeness (QED) is 0.388. The van der Waals surface area contributed by atoms with Crippen molar-refractivity contribution in [3.8, 4) is 6.07 Å². The topological polar surface area (TPSA) is 138 Å². The van der Waals surface area contributed by atoms with Gasteiger partial charge in [0.05, 0.1) is 11.8 Å². The molecule has 0 unspecified atom stereocenters. The Bertz CT molecular complexity index is 1250. The molecule has 1 amide bonds. The zero-order valence-electron chi connectivity index (χ0n) is 17.4. The number of sulfonamides is 1. The first-order valence-electron chi connectivity index (χ1n) is 9.28. The predicted molar refractivity (Wildman–Crippen MR) is 114 cm³/mol. The van der Waals surface area contributed by atoms with E-state index < -0.39 is 39.3 Å². The van der Waals surface area contributed by atoms with E-state index in [1.807, 2.05) is 4.72 Å². The number of hydrogen-bond acceptors (Lipinski definition) is 6. The molecule has 0 saturated carbocycles. The van der Waals surface area contributed by atoms with E-state index in [2.05, 4.69) is 10.3 Å².